The Balaban J connectivity index is 1.85. The van der Waals surface area contributed by atoms with Crippen LogP contribution in [0.3, 0.4) is 0 Å². The monoisotopic (exact) mass is 295 g/mol. The van der Waals surface area contributed by atoms with Crippen molar-refractivity contribution in [2.75, 3.05) is 31.6 Å². The molecule has 0 radical (unpaired) electrons. The van der Waals surface area contributed by atoms with Gasteiger partial charge in [0.1, 0.15) is 0 Å². The van der Waals surface area contributed by atoms with Gasteiger partial charge < -0.3 is 14.9 Å². The van der Waals surface area contributed by atoms with Crippen molar-refractivity contribution in [2.45, 2.75) is 51.2 Å². The molecule has 1 aromatic heterocycles. The lowest BCUT2D eigenvalue weighted by atomic mass is 10.2. The average Bonchev–Trinajstić information content (AvgIpc) is 3.23. The van der Waals surface area contributed by atoms with Gasteiger partial charge in [-0.1, -0.05) is 18.3 Å². The zero-order valence-electron chi connectivity index (χ0n) is 12.5. The molecule has 0 spiro atoms. The van der Waals surface area contributed by atoms with E-state index >= 15 is 0 Å². The van der Waals surface area contributed by atoms with Crippen molar-refractivity contribution in [1.82, 2.24) is 9.88 Å². The van der Waals surface area contributed by atoms with Crippen molar-refractivity contribution in [3.63, 3.8) is 0 Å². The van der Waals surface area contributed by atoms with E-state index in [0.29, 0.717) is 12.0 Å². The normalized spacial score (nSPS) is 24.9. The quantitative estimate of drug-likeness (QED) is 0.926. The Bertz CT molecular complexity index is 458. The SMILES string of the molecule is CCC1CN(C)CCCN1c1nc(C2CC2)c(CO)s1. The van der Waals surface area contributed by atoms with Crippen LogP contribution in [0.2, 0.25) is 0 Å². The third-order valence-corrected chi connectivity index (χ3v) is 5.54. The first-order valence-corrected chi connectivity index (χ1v) is 8.60. The highest BCUT2D eigenvalue weighted by atomic mass is 32.1. The Kier molecular flexibility index (Phi) is 4.29. The number of hydrogen-bond acceptors (Lipinski definition) is 5. The molecule has 1 atom stereocenters. The Morgan fingerprint density at radius 2 is 2.15 bits per heavy atom. The number of rotatable bonds is 4. The molecule has 1 aromatic rings. The first kappa shape index (κ1) is 14.3. The number of anilines is 1. The summed E-state index contributed by atoms with van der Waals surface area (Å²) in [5.41, 5.74) is 1.18. The summed E-state index contributed by atoms with van der Waals surface area (Å²) in [4.78, 5) is 10.9. The number of thiazole rings is 1. The molecule has 1 aliphatic carbocycles. The second-order valence-electron chi connectivity index (χ2n) is 6.11. The maximum atomic E-state index is 9.57. The first-order valence-electron chi connectivity index (χ1n) is 7.78. The van der Waals surface area contributed by atoms with Crippen LogP contribution in [0.15, 0.2) is 0 Å². The number of nitrogens with zero attached hydrogens (tertiary/aromatic N) is 3. The minimum Gasteiger partial charge on any atom is -0.391 e. The molecule has 1 N–H and O–H groups in total. The highest BCUT2D eigenvalue weighted by molar-refractivity contribution is 7.15. The fourth-order valence-corrected chi connectivity index (χ4v) is 4.21. The zero-order valence-corrected chi connectivity index (χ0v) is 13.3. The lowest BCUT2D eigenvalue weighted by molar-refractivity contribution is 0.284. The van der Waals surface area contributed by atoms with Crippen LogP contribution in [0, 0.1) is 0 Å². The zero-order chi connectivity index (χ0) is 14.1. The second kappa shape index (κ2) is 6.00. The van der Waals surface area contributed by atoms with E-state index in [4.69, 9.17) is 4.98 Å². The van der Waals surface area contributed by atoms with Crippen molar-refractivity contribution in [3.05, 3.63) is 10.6 Å². The van der Waals surface area contributed by atoms with Gasteiger partial charge >= 0.3 is 0 Å². The molecule has 3 rings (SSSR count). The van der Waals surface area contributed by atoms with Gasteiger partial charge in [0.05, 0.1) is 17.2 Å². The highest BCUT2D eigenvalue weighted by Crippen LogP contribution is 2.44. The van der Waals surface area contributed by atoms with Crippen LogP contribution in [-0.4, -0.2) is 47.7 Å². The summed E-state index contributed by atoms with van der Waals surface area (Å²) < 4.78 is 0. The Hall–Kier alpha value is -0.650. The van der Waals surface area contributed by atoms with Gasteiger partial charge in [0.25, 0.3) is 0 Å². The predicted octanol–water partition coefficient (Wildman–Crippen LogP) is 2.43. The molecule has 2 fully saturated rings. The lowest BCUT2D eigenvalue weighted by Gasteiger charge is -2.29. The third kappa shape index (κ3) is 2.85. The molecule has 1 unspecified atom stereocenters. The highest BCUT2D eigenvalue weighted by Gasteiger charge is 2.32. The molecule has 1 saturated carbocycles. The van der Waals surface area contributed by atoms with Crippen LogP contribution in [0.5, 0.6) is 0 Å². The number of aliphatic hydroxyl groups is 1. The number of aliphatic hydroxyl groups excluding tert-OH is 1. The number of likely N-dealkylation sites (N-methyl/N-ethyl adjacent to an activating group) is 1. The van der Waals surface area contributed by atoms with Crippen LogP contribution < -0.4 is 4.90 Å². The summed E-state index contributed by atoms with van der Waals surface area (Å²) in [7, 11) is 2.21. The van der Waals surface area contributed by atoms with Crippen molar-refractivity contribution in [1.29, 1.82) is 0 Å². The van der Waals surface area contributed by atoms with Crippen LogP contribution in [-0.2, 0) is 6.61 Å². The van der Waals surface area contributed by atoms with Crippen LogP contribution >= 0.6 is 11.3 Å². The second-order valence-corrected chi connectivity index (χ2v) is 7.17. The topological polar surface area (TPSA) is 39.6 Å². The van der Waals surface area contributed by atoms with Gasteiger partial charge in [-0.25, -0.2) is 4.98 Å². The van der Waals surface area contributed by atoms with Crippen molar-refractivity contribution in [3.8, 4) is 0 Å². The lowest BCUT2D eigenvalue weighted by Crippen LogP contribution is -2.39. The Morgan fingerprint density at radius 3 is 2.80 bits per heavy atom. The standard InChI is InChI=1S/C15H25N3OS/c1-3-12-9-17(2)7-4-8-18(12)15-16-14(11-5-6-11)13(10-19)20-15/h11-12,19H,3-10H2,1-2H3. The summed E-state index contributed by atoms with van der Waals surface area (Å²) in [6.45, 7) is 5.78. The van der Waals surface area contributed by atoms with Gasteiger partial charge in [0.2, 0.25) is 0 Å². The smallest absolute Gasteiger partial charge is 0.186 e. The molecule has 5 heteroatoms. The van der Waals surface area contributed by atoms with Gasteiger partial charge in [0.15, 0.2) is 5.13 Å². The average molecular weight is 295 g/mol. The van der Waals surface area contributed by atoms with E-state index in [1.165, 1.54) is 31.5 Å². The Morgan fingerprint density at radius 1 is 1.35 bits per heavy atom. The van der Waals surface area contributed by atoms with Crippen molar-refractivity contribution in [2.24, 2.45) is 0 Å². The molecule has 4 nitrogen and oxygen atoms in total. The van der Waals surface area contributed by atoms with E-state index in [1.54, 1.807) is 11.3 Å². The molecule has 0 bridgehead atoms. The van der Waals surface area contributed by atoms with E-state index in [-0.39, 0.29) is 6.61 Å². The summed E-state index contributed by atoms with van der Waals surface area (Å²) in [6.07, 6.45) is 4.84. The largest absolute Gasteiger partial charge is 0.391 e. The molecule has 0 amide bonds. The fraction of sp³-hybridized carbons (Fsp3) is 0.800. The Labute approximate surface area is 125 Å². The van der Waals surface area contributed by atoms with Gasteiger partial charge in [-0.15, -0.1) is 0 Å². The van der Waals surface area contributed by atoms with E-state index < -0.39 is 0 Å². The fourth-order valence-electron chi connectivity index (χ4n) is 3.11. The van der Waals surface area contributed by atoms with E-state index in [2.05, 4.69) is 23.8 Å². The molecule has 2 aliphatic rings. The summed E-state index contributed by atoms with van der Waals surface area (Å²) >= 11 is 1.71. The molecule has 1 aliphatic heterocycles. The van der Waals surface area contributed by atoms with Gasteiger partial charge in [-0.05, 0) is 39.3 Å². The predicted molar refractivity (Wildman–Crippen MR) is 83.6 cm³/mol. The van der Waals surface area contributed by atoms with Crippen LogP contribution in [0.25, 0.3) is 0 Å². The molecule has 2 heterocycles. The minimum absolute atomic E-state index is 0.147. The number of aromatic nitrogens is 1. The summed E-state index contributed by atoms with van der Waals surface area (Å²) in [6, 6.07) is 0.548. The summed E-state index contributed by atoms with van der Waals surface area (Å²) in [5, 5.41) is 10.7. The third-order valence-electron chi connectivity index (χ3n) is 4.44. The molecular formula is C15H25N3OS. The van der Waals surface area contributed by atoms with E-state index in [9.17, 15) is 5.11 Å². The molecule has 0 aromatic carbocycles. The summed E-state index contributed by atoms with van der Waals surface area (Å²) in [5.74, 6) is 0.622. The van der Waals surface area contributed by atoms with E-state index in [1.807, 2.05) is 0 Å². The van der Waals surface area contributed by atoms with Crippen LogP contribution in [0.1, 0.15) is 49.1 Å². The molecular weight excluding hydrogens is 270 g/mol. The molecule has 1 saturated heterocycles. The van der Waals surface area contributed by atoms with Gasteiger partial charge in [-0.3, -0.25) is 0 Å². The number of hydrogen-bond donors (Lipinski definition) is 1. The maximum Gasteiger partial charge on any atom is 0.186 e. The molecule has 112 valence electrons. The molecule has 20 heavy (non-hydrogen) atoms. The maximum absolute atomic E-state index is 9.57. The van der Waals surface area contributed by atoms with Crippen molar-refractivity contribution >= 4 is 16.5 Å². The van der Waals surface area contributed by atoms with Crippen molar-refractivity contribution < 1.29 is 5.11 Å². The van der Waals surface area contributed by atoms with Gasteiger partial charge in [0, 0.05) is 25.0 Å². The van der Waals surface area contributed by atoms with Crippen LogP contribution in [0.4, 0.5) is 5.13 Å². The minimum atomic E-state index is 0.147. The van der Waals surface area contributed by atoms with Gasteiger partial charge in [-0.2, -0.15) is 0 Å². The first-order chi connectivity index (χ1) is 9.72. The van der Waals surface area contributed by atoms with E-state index in [0.717, 1.165) is 29.5 Å².